The van der Waals surface area contributed by atoms with Crippen LogP contribution in [-0.2, 0) is 4.79 Å². The lowest BCUT2D eigenvalue weighted by Gasteiger charge is -2.24. The predicted octanol–water partition coefficient (Wildman–Crippen LogP) is 1.95. The van der Waals surface area contributed by atoms with Crippen molar-refractivity contribution >= 4 is 17.3 Å². The molecule has 0 spiro atoms. The Hall–Kier alpha value is -1.75. The van der Waals surface area contributed by atoms with Crippen molar-refractivity contribution in [2.75, 3.05) is 31.8 Å². The van der Waals surface area contributed by atoms with E-state index < -0.39 is 0 Å². The Balaban J connectivity index is 2.00. The minimum atomic E-state index is -0.179. The molecule has 3 N–H and O–H groups in total. The fourth-order valence-electron chi connectivity index (χ4n) is 2.13. The highest BCUT2D eigenvalue weighted by Gasteiger charge is 2.27. The lowest BCUT2D eigenvalue weighted by atomic mass is 10.2. The molecule has 0 aromatic heterocycles. The van der Waals surface area contributed by atoms with Gasteiger partial charge < -0.3 is 15.8 Å². The molecule has 1 amide bonds. The molecule has 1 aromatic rings. The number of methoxy groups -OCH3 is 1. The molecule has 0 heterocycles. The number of benzene rings is 1. The summed E-state index contributed by atoms with van der Waals surface area (Å²) in [5.74, 6) is 1.33. The number of nitrogens with one attached hydrogen (secondary N) is 1. The second-order valence-electron chi connectivity index (χ2n) is 5.51. The molecule has 5 nitrogen and oxygen atoms in total. The lowest BCUT2D eigenvalue weighted by Crippen LogP contribution is -2.40. The number of nitrogens with two attached hydrogens (primary N) is 1. The van der Waals surface area contributed by atoms with Crippen LogP contribution < -0.4 is 15.8 Å². The summed E-state index contributed by atoms with van der Waals surface area (Å²) in [6, 6.07) is 5.03. The van der Waals surface area contributed by atoms with E-state index >= 15 is 0 Å². The van der Waals surface area contributed by atoms with Crippen molar-refractivity contribution in [2.45, 2.75) is 25.8 Å². The van der Waals surface area contributed by atoms with E-state index in [1.807, 2.05) is 14.0 Å². The quantitative estimate of drug-likeness (QED) is 0.780. The Morgan fingerprint density at radius 3 is 2.85 bits per heavy atom. The molecule has 1 atom stereocenters. The maximum atomic E-state index is 12.3. The molecule has 20 heavy (non-hydrogen) atoms. The third kappa shape index (κ3) is 3.63. The van der Waals surface area contributed by atoms with Crippen LogP contribution in [0.4, 0.5) is 11.4 Å². The Morgan fingerprint density at radius 2 is 2.25 bits per heavy atom. The monoisotopic (exact) mass is 277 g/mol. The van der Waals surface area contributed by atoms with Gasteiger partial charge in [0.15, 0.2) is 0 Å². The summed E-state index contributed by atoms with van der Waals surface area (Å²) in [6.07, 6.45) is 2.56. The molecule has 1 aliphatic carbocycles. The Kier molecular flexibility index (Phi) is 4.49. The molecular weight excluding hydrogens is 254 g/mol. The van der Waals surface area contributed by atoms with Crippen LogP contribution in [0.1, 0.15) is 19.8 Å². The number of carbonyl (C=O) groups is 1. The van der Waals surface area contributed by atoms with Gasteiger partial charge in [-0.3, -0.25) is 9.69 Å². The number of likely N-dealkylation sites (N-methyl/N-ethyl adjacent to an activating group) is 1. The number of hydrogen-bond donors (Lipinski definition) is 2. The fraction of sp³-hybridized carbons (Fsp3) is 0.533. The van der Waals surface area contributed by atoms with Crippen molar-refractivity contribution in [1.29, 1.82) is 0 Å². The highest BCUT2D eigenvalue weighted by Crippen LogP contribution is 2.30. The van der Waals surface area contributed by atoms with E-state index in [0.717, 1.165) is 12.5 Å². The first-order chi connectivity index (χ1) is 9.51. The summed E-state index contributed by atoms with van der Waals surface area (Å²) in [6.45, 7) is 2.89. The molecule has 1 fully saturated rings. The summed E-state index contributed by atoms with van der Waals surface area (Å²) in [5.41, 5.74) is 6.96. The smallest absolute Gasteiger partial charge is 0.241 e. The van der Waals surface area contributed by atoms with Gasteiger partial charge in [0.2, 0.25) is 5.91 Å². The summed E-state index contributed by atoms with van der Waals surface area (Å²) in [4.78, 5) is 14.4. The number of amides is 1. The number of anilines is 2. The molecule has 0 radical (unpaired) electrons. The predicted molar refractivity (Wildman–Crippen MR) is 80.9 cm³/mol. The maximum absolute atomic E-state index is 12.3. The van der Waals surface area contributed by atoms with E-state index in [4.69, 9.17) is 10.5 Å². The first kappa shape index (κ1) is 14.7. The zero-order valence-corrected chi connectivity index (χ0v) is 12.3. The molecule has 1 unspecified atom stereocenters. The van der Waals surface area contributed by atoms with E-state index in [9.17, 15) is 4.79 Å². The molecule has 0 bridgehead atoms. The molecule has 5 heteroatoms. The van der Waals surface area contributed by atoms with Crippen molar-refractivity contribution < 1.29 is 9.53 Å². The van der Waals surface area contributed by atoms with Crippen molar-refractivity contribution in [3.63, 3.8) is 0 Å². The summed E-state index contributed by atoms with van der Waals surface area (Å²) in [7, 11) is 3.56. The van der Waals surface area contributed by atoms with Crippen LogP contribution in [-0.4, -0.2) is 37.6 Å². The van der Waals surface area contributed by atoms with Crippen molar-refractivity contribution in [3.8, 4) is 5.75 Å². The average molecular weight is 277 g/mol. The van der Waals surface area contributed by atoms with E-state index in [0.29, 0.717) is 17.1 Å². The van der Waals surface area contributed by atoms with Crippen LogP contribution in [0.2, 0.25) is 0 Å². The first-order valence-corrected chi connectivity index (χ1v) is 6.96. The topological polar surface area (TPSA) is 67.6 Å². The molecular formula is C15H23N3O2. The third-order valence-electron chi connectivity index (χ3n) is 3.77. The minimum Gasteiger partial charge on any atom is -0.495 e. The Bertz CT molecular complexity index is 486. The zero-order valence-electron chi connectivity index (χ0n) is 12.3. The van der Waals surface area contributed by atoms with Gasteiger partial charge in [-0.15, -0.1) is 0 Å². The van der Waals surface area contributed by atoms with E-state index in [1.54, 1.807) is 25.3 Å². The van der Waals surface area contributed by atoms with Crippen LogP contribution in [0.3, 0.4) is 0 Å². The Labute approximate surface area is 120 Å². The number of hydrogen-bond acceptors (Lipinski definition) is 4. The average Bonchev–Trinajstić information content (AvgIpc) is 3.22. The van der Waals surface area contributed by atoms with Crippen molar-refractivity contribution in [2.24, 2.45) is 5.92 Å². The Morgan fingerprint density at radius 1 is 1.55 bits per heavy atom. The fourth-order valence-corrected chi connectivity index (χ4v) is 2.13. The molecule has 110 valence electrons. The zero-order chi connectivity index (χ0) is 14.7. The van der Waals surface area contributed by atoms with Crippen molar-refractivity contribution in [1.82, 2.24) is 4.90 Å². The van der Waals surface area contributed by atoms with Gasteiger partial charge in [0.05, 0.1) is 18.8 Å². The molecule has 1 saturated carbocycles. The minimum absolute atomic E-state index is 0.0444. The number of carbonyl (C=O) groups excluding carboxylic acids is 1. The third-order valence-corrected chi connectivity index (χ3v) is 3.77. The van der Waals surface area contributed by atoms with Crippen LogP contribution in [0.15, 0.2) is 18.2 Å². The molecule has 1 aromatic carbocycles. The van der Waals surface area contributed by atoms with E-state index in [1.165, 1.54) is 12.8 Å². The van der Waals surface area contributed by atoms with Crippen LogP contribution in [0, 0.1) is 5.92 Å². The van der Waals surface area contributed by atoms with Gasteiger partial charge in [-0.1, -0.05) is 0 Å². The van der Waals surface area contributed by atoms with Gasteiger partial charge in [0.25, 0.3) is 0 Å². The molecule has 0 saturated heterocycles. The SMILES string of the molecule is COc1ccc(N)cc1NC(=O)C(C)N(C)CC1CC1. The van der Waals surface area contributed by atoms with Crippen LogP contribution in [0.5, 0.6) is 5.75 Å². The second-order valence-corrected chi connectivity index (χ2v) is 5.51. The first-order valence-electron chi connectivity index (χ1n) is 6.96. The van der Waals surface area contributed by atoms with Gasteiger partial charge in [-0.05, 0) is 50.9 Å². The number of nitrogens with zero attached hydrogens (tertiary/aromatic N) is 1. The molecule has 1 aliphatic rings. The highest BCUT2D eigenvalue weighted by atomic mass is 16.5. The number of nitrogen functional groups attached to an aromatic ring is 1. The van der Waals surface area contributed by atoms with Crippen LogP contribution in [0.25, 0.3) is 0 Å². The maximum Gasteiger partial charge on any atom is 0.241 e. The second kappa shape index (κ2) is 6.13. The molecule has 2 rings (SSSR count). The number of ether oxygens (including phenoxy) is 1. The highest BCUT2D eigenvalue weighted by molar-refractivity contribution is 5.96. The summed E-state index contributed by atoms with van der Waals surface area (Å²) >= 11 is 0. The largest absolute Gasteiger partial charge is 0.495 e. The summed E-state index contributed by atoms with van der Waals surface area (Å²) < 4.78 is 5.23. The van der Waals surface area contributed by atoms with Gasteiger partial charge in [0, 0.05) is 12.2 Å². The van der Waals surface area contributed by atoms with E-state index in [-0.39, 0.29) is 11.9 Å². The van der Waals surface area contributed by atoms with Gasteiger partial charge in [0.1, 0.15) is 5.75 Å². The van der Waals surface area contributed by atoms with Gasteiger partial charge in [-0.25, -0.2) is 0 Å². The molecule has 0 aliphatic heterocycles. The van der Waals surface area contributed by atoms with E-state index in [2.05, 4.69) is 10.2 Å². The summed E-state index contributed by atoms with van der Waals surface area (Å²) in [5, 5.41) is 2.89. The standard InChI is InChI=1S/C15H23N3O2/c1-10(18(2)9-11-4-5-11)15(19)17-13-8-12(16)6-7-14(13)20-3/h6-8,10-11H,4-5,9,16H2,1-3H3,(H,17,19). The van der Waals surface area contributed by atoms with Crippen LogP contribution >= 0.6 is 0 Å². The normalized spacial score (nSPS) is 16.0. The van der Waals surface area contributed by atoms with Crippen molar-refractivity contribution in [3.05, 3.63) is 18.2 Å². The van der Waals surface area contributed by atoms with Gasteiger partial charge >= 0.3 is 0 Å². The number of rotatable bonds is 6. The van der Waals surface area contributed by atoms with Gasteiger partial charge in [-0.2, -0.15) is 0 Å². The lowest BCUT2D eigenvalue weighted by molar-refractivity contribution is -0.120.